The molecule has 3 saturated heterocycles. The van der Waals surface area contributed by atoms with Crippen LogP contribution in [0.4, 0.5) is 23.8 Å². The number of piperazine rings is 1. The zero-order valence-electron chi connectivity index (χ0n) is 16.8. The highest BCUT2D eigenvalue weighted by atomic mass is 19.4. The van der Waals surface area contributed by atoms with Crippen LogP contribution in [0.15, 0.2) is 18.3 Å². The molecule has 30 heavy (non-hydrogen) atoms. The summed E-state index contributed by atoms with van der Waals surface area (Å²) in [7, 11) is 2.00. The second-order valence-electron chi connectivity index (χ2n) is 8.20. The predicted octanol–water partition coefficient (Wildman–Crippen LogP) is 1.20. The smallest absolute Gasteiger partial charge is 0.354 e. The van der Waals surface area contributed by atoms with Crippen LogP contribution in [0.1, 0.15) is 18.4 Å². The lowest BCUT2D eigenvalue weighted by molar-refractivity contribution is -0.138. The van der Waals surface area contributed by atoms with Gasteiger partial charge in [0.2, 0.25) is 0 Å². The number of nitrogens with zero attached hydrogens (tertiary/aromatic N) is 5. The van der Waals surface area contributed by atoms with E-state index in [2.05, 4.69) is 15.2 Å². The van der Waals surface area contributed by atoms with Crippen LogP contribution in [0.3, 0.4) is 0 Å². The van der Waals surface area contributed by atoms with Crippen molar-refractivity contribution in [3.63, 3.8) is 0 Å². The molecule has 3 aliphatic rings. The van der Waals surface area contributed by atoms with E-state index in [0.717, 1.165) is 25.4 Å². The van der Waals surface area contributed by atoms with Gasteiger partial charge in [0.05, 0.1) is 12.2 Å². The average molecular weight is 426 g/mol. The molecule has 8 nitrogen and oxygen atoms in total. The molecule has 0 bridgehead atoms. The fraction of sp³-hybridized carbons (Fsp3) is 0.632. The van der Waals surface area contributed by atoms with Gasteiger partial charge in [0.15, 0.2) is 0 Å². The highest BCUT2D eigenvalue weighted by molar-refractivity contribution is 6.07. The molecule has 0 aliphatic carbocycles. The minimum atomic E-state index is -4.40. The second-order valence-corrected chi connectivity index (χ2v) is 8.20. The number of amides is 3. The van der Waals surface area contributed by atoms with Crippen molar-refractivity contribution in [2.45, 2.75) is 24.6 Å². The van der Waals surface area contributed by atoms with Gasteiger partial charge in [-0.15, -0.1) is 0 Å². The molecule has 1 aromatic rings. The van der Waals surface area contributed by atoms with Crippen LogP contribution in [0.2, 0.25) is 0 Å². The van der Waals surface area contributed by atoms with Gasteiger partial charge in [0, 0.05) is 45.5 Å². The van der Waals surface area contributed by atoms with E-state index in [1.54, 1.807) is 0 Å². The summed E-state index contributed by atoms with van der Waals surface area (Å²) in [5, 5.41) is 2.90. The number of hydrogen-bond donors (Lipinski definition) is 1. The van der Waals surface area contributed by atoms with Crippen molar-refractivity contribution in [3.05, 3.63) is 23.9 Å². The minimum Gasteiger partial charge on any atom is -0.354 e. The molecule has 0 saturated carbocycles. The third kappa shape index (κ3) is 3.95. The van der Waals surface area contributed by atoms with E-state index in [9.17, 15) is 22.8 Å². The first kappa shape index (κ1) is 20.9. The molecular weight excluding hydrogens is 401 g/mol. The molecule has 3 aliphatic heterocycles. The number of piperidine rings is 1. The Morgan fingerprint density at radius 3 is 2.30 bits per heavy atom. The Morgan fingerprint density at radius 1 is 1.07 bits per heavy atom. The number of carbonyl (C=O) groups is 2. The topological polar surface area (TPSA) is 72.0 Å². The van der Waals surface area contributed by atoms with E-state index in [1.165, 1.54) is 11.0 Å². The third-order valence-electron chi connectivity index (χ3n) is 6.20. The maximum Gasteiger partial charge on any atom is 0.417 e. The zero-order valence-corrected chi connectivity index (χ0v) is 16.8. The van der Waals surface area contributed by atoms with Crippen LogP contribution in [-0.2, 0) is 11.0 Å². The molecule has 0 radical (unpaired) electrons. The first-order chi connectivity index (χ1) is 14.2. The van der Waals surface area contributed by atoms with E-state index < -0.39 is 17.3 Å². The standard InChI is InChI=1S/C19H25F3N6O2/c1-25-6-4-18(5-7-25)16(29)28(17(30)24-18)13-26-8-10-27(11-9-26)15-3-2-14(12-23-15)19(20,21)22/h2-3,12H,4-11,13H2,1H3,(H,24,30). The van der Waals surface area contributed by atoms with Crippen molar-refractivity contribution < 1.29 is 22.8 Å². The van der Waals surface area contributed by atoms with Gasteiger partial charge in [0.1, 0.15) is 11.4 Å². The highest BCUT2D eigenvalue weighted by Crippen LogP contribution is 2.30. The van der Waals surface area contributed by atoms with Gasteiger partial charge in [-0.25, -0.2) is 14.7 Å². The van der Waals surface area contributed by atoms with Crippen molar-refractivity contribution >= 4 is 17.8 Å². The summed E-state index contributed by atoms with van der Waals surface area (Å²) in [6.45, 7) is 4.01. The average Bonchev–Trinajstić information content (AvgIpc) is 2.94. The van der Waals surface area contributed by atoms with E-state index >= 15 is 0 Å². The molecule has 4 heterocycles. The number of anilines is 1. The monoisotopic (exact) mass is 426 g/mol. The number of carbonyl (C=O) groups excluding carboxylic acids is 2. The molecule has 1 aromatic heterocycles. The van der Waals surface area contributed by atoms with E-state index in [1.807, 2.05) is 16.8 Å². The number of urea groups is 1. The molecule has 11 heteroatoms. The van der Waals surface area contributed by atoms with Crippen molar-refractivity contribution in [2.24, 2.45) is 0 Å². The van der Waals surface area contributed by atoms with Crippen LogP contribution in [0, 0.1) is 0 Å². The normalized spacial score (nSPS) is 23.3. The number of rotatable bonds is 3. The Hall–Kier alpha value is -2.40. The van der Waals surface area contributed by atoms with Crippen LogP contribution in [0.25, 0.3) is 0 Å². The molecular formula is C19H25F3N6O2. The van der Waals surface area contributed by atoms with Gasteiger partial charge in [0.25, 0.3) is 5.91 Å². The minimum absolute atomic E-state index is 0.160. The zero-order chi connectivity index (χ0) is 21.5. The first-order valence-corrected chi connectivity index (χ1v) is 10.0. The van der Waals surface area contributed by atoms with Crippen molar-refractivity contribution in [1.29, 1.82) is 0 Å². The van der Waals surface area contributed by atoms with E-state index in [-0.39, 0.29) is 18.6 Å². The summed E-state index contributed by atoms with van der Waals surface area (Å²) < 4.78 is 38.1. The largest absolute Gasteiger partial charge is 0.417 e. The van der Waals surface area contributed by atoms with Crippen LogP contribution < -0.4 is 10.2 Å². The van der Waals surface area contributed by atoms with Gasteiger partial charge in [-0.05, 0) is 32.0 Å². The fourth-order valence-corrected chi connectivity index (χ4v) is 4.20. The van der Waals surface area contributed by atoms with E-state index in [0.29, 0.717) is 44.8 Å². The lowest BCUT2D eigenvalue weighted by atomic mass is 9.88. The molecule has 0 aromatic carbocycles. The Morgan fingerprint density at radius 2 is 1.73 bits per heavy atom. The molecule has 4 rings (SSSR count). The molecule has 0 atom stereocenters. The Kier molecular flexibility index (Phi) is 5.35. The highest BCUT2D eigenvalue weighted by Gasteiger charge is 2.52. The van der Waals surface area contributed by atoms with Gasteiger partial charge < -0.3 is 15.1 Å². The number of nitrogens with one attached hydrogen (secondary N) is 1. The Labute approximate surface area is 172 Å². The fourth-order valence-electron chi connectivity index (χ4n) is 4.20. The lowest BCUT2D eigenvalue weighted by Crippen LogP contribution is -2.55. The third-order valence-corrected chi connectivity index (χ3v) is 6.20. The van der Waals surface area contributed by atoms with Gasteiger partial charge >= 0.3 is 12.2 Å². The SMILES string of the molecule is CN1CCC2(CC1)NC(=O)N(CN1CCN(c3ccc(C(F)(F)F)cn3)CC1)C2=O. The maximum absolute atomic E-state index is 13.0. The summed E-state index contributed by atoms with van der Waals surface area (Å²) in [5.74, 6) is 0.329. The summed E-state index contributed by atoms with van der Waals surface area (Å²) >= 11 is 0. The first-order valence-electron chi connectivity index (χ1n) is 10.0. The number of likely N-dealkylation sites (tertiary alicyclic amines) is 1. The van der Waals surface area contributed by atoms with Crippen molar-refractivity contribution in [3.8, 4) is 0 Å². The second kappa shape index (κ2) is 7.69. The van der Waals surface area contributed by atoms with Crippen LogP contribution in [-0.4, -0.2) is 90.1 Å². The Balaban J connectivity index is 1.33. The summed E-state index contributed by atoms with van der Waals surface area (Å²) in [6, 6.07) is 2.05. The van der Waals surface area contributed by atoms with Gasteiger partial charge in [-0.3, -0.25) is 9.69 Å². The molecule has 0 unspecified atom stereocenters. The summed E-state index contributed by atoms with van der Waals surface area (Å²) in [5.41, 5.74) is -1.55. The van der Waals surface area contributed by atoms with Crippen molar-refractivity contribution in [1.82, 2.24) is 25.0 Å². The number of hydrogen-bond acceptors (Lipinski definition) is 6. The molecule has 1 N–H and O–H groups in total. The summed E-state index contributed by atoms with van der Waals surface area (Å²) in [4.78, 5) is 36.7. The summed E-state index contributed by atoms with van der Waals surface area (Å²) in [6.07, 6.45) is -2.34. The lowest BCUT2D eigenvalue weighted by Gasteiger charge is -2.37. The number of alkyl halides is 3. The number of imide groups is 1. The number of halogens is 3. The molecule has 3 amide bonds. The van der Waals surface area contributed by atoms with Crippen molar-refractivity contribution in [2.75, 3.05) is 57.9 Å². The maximum atomic E-state index is 13.0. The van der Waals surface area contributed by atoms with Gasteiger partial charge in [-0.1, -0.05) is 0 Å². The Bertz CT molecular complexity index is 799. The van der Waals surface area contributed by atoms with Crippen LogP contribution in [0.5, 0.6) is 0 Å². The van der Waals surface area contributed by atoms with Crippen LogP contribution >= 0.6 is 0 Å². The van der Waals surface area contributed by atoms with Gasteiger partial charge in [-0.2, -0.15) is 13.2 Å². The molecule has 3 fully saturated rings. The van der Waals surface area contributed by atoms with E-state index in [4.69, 9.17) is 0 Å². The molecule has 164 valence electrons. The number of aromatic nitrogens is 1. The predicted molar refractivity (Wildman–Crippen MR) is 103 cm³/mol. The number of pyridine rings is 1. The molecule has 1 spiro atoms. The quantitative estimate of drug-likeness (QED) is 0.733.